The van der Waals surface area contributed by atoms with Gasteiger partial charge in [-0.2, -0.15) is 0 Å². The Labute approximate surface area is 162 Å². The van der Waals surface area contributed by atoms with Gasteiger partial charge in [0.1, 0.15) is 13.2 Å². The molecule has 0 spiro atoms. The maximum atomic E-state index is 12.4. The van der Waals surface area contributed by atoms with Crippen LogP contribution >= 0.6 is 0 Å². The van der Waals surface area contributed by atoms with Gasteiger partial charge in [-0.3, -0.25) is 9.59 Å². The molecule has 0 unspecified atom stereocenters. The fourth-order valence-electron chi connectivity index (χ4n) is 3.17. The van der Waals surface area contributed by atoms with E-state index in [4.69, 9.17) is 18.9 Å². The molecule has 0 aliphatic carbocycles. The Balaban J connectivity index is 1.31. The van der Waals surface area contributed by atoms with Crippen molar-refractivity contribution in [2.45, 2.75) is 19.4 Å². The summed E-state index contributed by atoms with van der Waals surface area (Å²) in [6, 6.07) is 10.7. The van der Waals surface area contributed by atoms with Crippen LogP contribution in [0.2, 0.25) is 0 Å². The third-order valence-electron chi connectivity index (χ3n) is 4.71. The van der Waals surface area contributed by atoms with E-state index in [2.05, 4.69) is 0 Å². The monoisotopic (exact) mass is 383 g/mol. The molecular weight excluding hydrogens is 362 g/mol. The highest BCUT2D eigenvalue weighted by Crippen LogP contribution is 2.33. The molecule has 28 heavy (non-hydrogen) atoms. The van der Waals surface area contributed by atoms with Crippen molar-refractivity contribution in [3.8, 4) is 23.0 Å². The largest absolute Gasteiger partial charge is 0.486 e. The van der Waals surface area contributed by atoms with E-state index in [1.54, 1.807) is 30.1 Å². The van der Waals surface area contributed by atoms with Crippen molar-refractivity contribution in [3.05, 3.63) is 47.5 Å². The van der Waals surface area contributed by atoms with Gasteiger partial charge in [0, 0.05) is 32.0 Å². The van der Waals surface area contributed by atoms with Crippen LogP contribution in [0.4, 0.5) is 0 Å². The second-order valence-corrected chi connectivity index (χ2v) is 6.72. The van der Waals surface area contributed by atoms with Crippen LogP contribution in [0.3, 0.4) is 0 Å². The fourth-order valence-corrected chi connectivity index (χ4v) is 3.17. The number of ether oxygens (including phenoxy) is 4. The Hall–Kier alpha value is -3.22. The molecule has 2 aliphatic heterocycles. The normalized spacial score (nSPS) is 13.9. The number of benzene rings is 2. The second-order valence-electron chi connectivity index (χ2n) is 6.72. The summed E-state index contributed by atoms with van der Waals surface area (Å²) in [5, 5.41) is 0. The smallest absolute Gasteiger partial charge is 0.231 e. The lowest BCUT2D eigenvalue weighted by molar-refractivity contribution is -0.130. The van der Waals surface area contributed by atoms with Crippen molar-refractivity contribution in [1.29, 1.82) is 0 Å². The summed E-state index contributed by atoms with van der Waals surface area (Å²) in [6.45, 7) is 1.63. The Kier molecular flexibility index (Phi) is 5.06. The van der Waals surface area contributed by atoms with E-state index in [0.717, 1.165) is 5.56 Å². The first-order valence-electron chi connectivity index (χ1n) is 9.15. The van der Waals surface area contributed by atoms with Crippen LogP contribution in [0.15, 0.2) is 36.4 Å². The minimum absolute atomic E-state index is 0.0939. The van der Waals surface area contributed by atoms with Gasteiger partial charge in [0.2, 0.25) is 12.7 Å². The van der Waals surface area contributed by atoms with Gasteiger partial charge in [-0.15, -0.1) is 0 Å². The van der Waals surface area contributed by atoms with Gasteiger partial charge in [-0.05, 0) is 35.9 Å². The fraction of sp³-hybridized carbons (Fsp3) is 0.333. The van der Waals surface area contributed by atoms with Gasteiger partial charge in [0.25, 0.3) is 0 Å². The van der Waals surface area contributed by atoms with Crippen LogP contribution in [0.1, 0.15) is 28.8 Å². The van der Waals surface area contributed by atoms with Crippen molar-refractivity contribution in [3.63, 3.8) is 0 Å². The summed E-state index contributed by atoms with van der Waals surface area (Å²) < 4.78 is 21.6. The molecule has 0 fully saturated rings. The molecular formula is C21H21NO6. The third-order valence-corrected chi connectivity index (χ3v) is 4.71. The number of ketones is 1. The van der Waals surface area contributed by atoms with Crippen molar-refractivity contribution < 1.29 is 28.5 Å². The number of carbonyl (C=O) groups excluding carboxylic acids is 2. The number of amides is 1. The molecule has 0 radical (unpaired) electrons. The van der Waals surface area contributed by atoms with Gasteiger partial charge in [-0.1, -0.05) is 6.07 Å². The Morgan fingerprint density at radius 3 is 2.39 bits per heavy atom. The number of carbonyl (C=O) groups is 2. The number of rotatable bonds is 6. The summed E-state index contributed by atoms with van der Waals surface area (Å²) in [6.07, 6.45) is 0.290. The average Bonchev–Trinajstić information content (AvgIpc) is 3.19. The molecule has 2 aliphatic rings. The number of fused-ring (bicyclic) bond motifs is 2. The zero-order valence-corrected chi connectivity index (χ0v) is 15.6. The first kappa shape index (κ1) is 18.2. The van der Waals surface area contributed by atoms with Crippen LogP contribution in [-0.4, -0.2) is 43.6 Å². The maximum Gasteiger partial charge on any atom is 0.231 e. The molecule has 146 valence electrons. The van der Waals surface area contributed by atoms with Crippen molar-refractivity contribution >= 4 is 11.7 Å². The zero-order chi connectivity index (χ0) is 19.5. The molecule has 0 bridgehead atoms. The first-order valence-corrected chi connectivity index (χ1v) is 9.15. The summed E-state index contributed by atoms with van der Waals surface area (Å²) in [7, 11) is 1.72. The van der Waals surface area contributed by atoms with Crippen LogP contribution in [-0.2, 0) is 11.3 Å². The van der Waals surface area contributed by atoms with E-state index < -0.39 is 0 Å². The van der Waals surface area contributed by atoms with Gasteiger partial charge in [0.05, 0.1) is 0 Å². The minimum Gasteiger partial charge on any atom is -0.486 e. The third kappa shape index (κ3) is 3.88. The highest BCUT2D eigenvalue weighted by molar-refractivity contribution is 5.98. The lowest BCUT2D eigenvalue weighted by Crippen LogP contribution is -2.26. The van der Waals surface area contributed by atoms with E-state index in [0.29, 0.717) is 48.3 Å². The maximum absolute atomic E-state index is 12.4. The molecule has 7 heteroatoms. The van der Waals surface area contributed by atoms with E-state index in [1.807, 2.05) is 18.2 Å². The molecule has 1 amide bonds. The van der Waals surface area contributed by atoms with Crippen LogP contribution in [0.5, 0.6) is 23.0 Å². The lowest BCUT2D eigenvalue weighted by Gasteiger charge is -2.19. The molecule has 2 aromatic carbocycles. The van der Waals surface area contributed by atoms with Crippen molar-refractivity contribution in [2.24, 2.45) is 0 Å². The SMILES string of the molecule is CN(Cc1ccc2c(c1)OCO2)C(=O)CCC(=O)c1ccc2c(c1)OCCO2. The number of Topliss-reactive ketones (excluding diaryl/α,β-unsaturated/α-hetero) is 1. The molecule has 0 aromatic heterocycles. The number of nitrogens with zero attached hydrogens (tertiary/aromatic N) is 1. The summed E-state index contributed by atoms with van der Waals surface area (Å²) >= 11 is 0. The van der Waals surface area contributed by atoms with Gasteiger partial charge >= 0.3 is 0 Å². The average molecular weight is 383 g/mol. The molecule has 2 aromatic rings. The number of hydrogen-bond acceptors (Lipinski definition) is 6. The van der Waals surface area contributed by atoms with Crippen LogP contribution < -0.4 is 18.9 Å². The van der Waals surface area contributed by atoms with Gasteiger partial charge in [0.15, 0.2) is 28.8 Å². The highest BCUT2D eigenvalue weighted by atomic mass is 16.7. The Morgan fingerprint density at radius 2 is 1.54 bits per heavy atom. The van der Waals surface area contributed by atoms with Crippen molar-refractivity contribution in [1.82, 2.24) is 4.90 Å². The molecule has 0 saturated carbocycles. The number of hydrogen-bond donors (Lipinski definition) is 0. The van der Waals surface area contributed by atoms with E-state index >= 15 is 0 Å². The molecule has 0 atom stereocenters. The van der Waals surface area contributed by atoms with Crippen LogP contribution in [0.25, 0.3) is 0 Å². The van der Waals surface area contributed by atoms with Crippen molar-refractivity contribution in [2.75, 3.05) is 27.1 Å². The summed E-state index contributed by atoms with van der Waals surface area (Å²) in [5.74, 6) is 2.42. The zero-order valence-electron chi connectivity index (χ0n) is 15.6. The summed E-state index contributed by atoms with van der Waals surface area (Å²) in [5.41, 5.74) is 1.47. The topological polar surface area (TPSA) is 74.3 Å². The molecule has 0 N–H and O–H groups in total. The molecule has 0 saturated heterocycles. The molecule has 7 nitrogen and oxygen atoms in total. The van der Waals surface area contributed by atoms with E-state index in [-0.39, 0.29) is 31.3 Å². The Bertz CT molecular complexity index is 910. The lowest BCUT2D eigenvalue weighted by atomic mass is 10.1. The molecule has 2 heterocycles. The summed E-state index contributed by atoms with van der Waals surface area (Å²) in [4.78, 5) is 26.5. The Morgan fingerprint density at radius 1 is 0.857 bits per heavy atom. The molecule has 4 rings (SSSR count). The second kappa shape index (κ2) is 7.80. The quantitative estimate of drug-likeness (QED) is 0.714. The predicted octanol–water partition coefficient (Wildman–Crippen LogP) is 2.81. The van der Waals surface area contributed by atoms with Gasteiger partial charge in [-0.25, -0.2) is 0 Å². The standard InChI is InChI=1S/C21H21NO6/c1-22(12-14-2-5-18-19(10-14)28-13-27-18)21(24)7-4-16(23)15-3-6-17-20(11-15)26-9-8-25-17/h2-3,5-6,10-11H,4,7-9,12-13H2,1H3. The minimum atomic E-state index is -0.0956. The van der Waals surface area contributed by atoms with E-state index in [1.165, 1.54) is 0 Å². The highest BCUT2D eigenvalue weighted by Gasteiger charge is 2.18. The van der Waals surface area contributed by atoms with E-state index in [9.17, 15) is 9.59 Å². The predicted molar refractivity (Wildman–Crippen MR) is 100 cm³/mol. The van der Waals surface area contributed by atoms with Crippen LogP contribution in [0, 0.1) is 0 Å². The first-order chi connectivity index (χ1) is 13.6. The van der Waals surface area contributed by atoms with Gasteiger partial charge < -0.3 is 23.8 Å².